The highest BCUT2D eigenvalue weighted by Gasteiger charge is 2.47. The van der Waals surface area contributed by atoms with Gasteiger partial charge in [-0.1, -0.05) is 25.1 Å². The average molecular weight is 442 g/mol. The van der Waals surface area contributed by atoms with Gasteiger partial charge in [-0.05, 0) is 71.5 Å². The number of aromatic nitrogens is 1. The number of carbonyl (C=O) groups excluding carboxylic acids is 1. The number of rotatable bonds is 5. The van der Waals surface area contributed by atoms with E-state index in [-0.39, 0.29) is 11.9 Å². The molecule has 2 aromatic carbocycles. The number of amides is 1. The van der Waals surface area contributed by atoms with E-state index in [0.29, 0.717) is 18.4 Å². The van der Waals surface area contributed by atoms with Gasteiger partial charge in [-0.3, -0.25) is 9.78 Å². The fourth-order valence-corrected chi connectivity index (χ4v) is 5.81. The van der Waals surface area contributed by atoms with E-state index in [1.54, 1.807) is 19.5 Å². The first-order valence-electron chi connectivity index (χ1n) is 11.8. The van der Waals surface area contributed by atoms with Crippen LogP contribution in [0, 0.1) is 5.92 Å². The largest absolute Gasteiger partial charge is 0.497 e. The van der Waals surface area contributed by atoms with Gasteiger partial charge in [0.25, 0.3) is 0 Å². The predicted molar refractivity (Wildman–Crippen MR) is 131 cm³/mol. The molecule has 3 atom stereocenters. The summed E-state index contributed by atoms with van der Waals surface area (Å²) in [4.78, 5) is 22.1. The Balaban J connectivity index is 1.54. The molecular formula is C28H31N3O2. The van der Waals surface area contributed by atoms with Gasteiger partial charge in [0.05, 0.1) is 19.6 Å². The van der Waals surface area contributed by atoms with Crippen LogP contribution in [0.15, 0.2) is 67.0 Å². The van der Waals surface area contributed by atoms with Gasteiger partial charge < -0.3 is 14.5 Å². The van der Waals surface area contributed by atoms with Gasteiger partial charge >= 0.3 is 0 Å². The molecule has 2 aliphatic heterocycles. The third kappa shape index (κ3) is 3.86. The monoisotopic (exact) mass is 441 g/mol. The third-order valence-corrected chi connectivity index (χ3v) is 7.41. The van der Waals surface area contributed by atoms with Crippen molar-refractivity contribution in [2.45, 2.75) is 38.3 Å². The summed E-state index contributed by atoms with van der Waals surface area (Å²) in [6.07, 6.45) is 6.05. The summed E-state index contributed by atoms with van der Waals surface area (Å²) in [7, 11) is 3.90. The van der Waals surface area contributed by atoms with Crippen LogP contribution in [-0.4, -0.2) is 42.5 Å². The molecule has 5 rings (SSSR count). The number of fused-ring (bicyclic) bond motifs is 3. The highest BCUT2D eigenvalue weighted by molar-refractivity contribution is 5.81. The lowest BCUT2D eigenvalue weighted by Gasteiger charge is -2.45. The molecule has 1 fully saturated rings. The summed E-state index contributed by atoms with van der Waals surface area (Å²) in [6, 6.07) is 19.3. The second kappa shape index (κ2) is 8.89. The molecule has 1 aromatic heterocycles. The van der Waals surface area contributed by atoms with Crippen LogP contribution in [0.4, 0.5) is 5.69 Å². The van der Waals surface area contributed by atoms with Gasteiger partial charge in [-0.25, -0.2) is 0 Å². The minimum Gasteiger partial charge on any atom is -0.497 e. The Kier molecular flexibility index (Phi) is 5.79. The number of nitrogens with zero attached hydrogens (tertiary/aromatic N) is 3. The molecule has 3 aromatic rings. The lowest BCUT2D eigenvalue weighted by molar-refractivity contribution is -0.131. The molecule has 3 heterocycles. The maximum absolute atomic E-state index is 13.5. The molecule has 1 amide bonds. The van der Waals surface area contributed by atoms with Crippen LogP contribution in [0.25, 0.3) is 11.1 Å². The van der Waals surface area contributed by atoms with Crippen molar-refractivity contribution in [3.8, 4) is 16.9 Å². The molecule has 5 heteroatoms. The molecule has 0 N–H and O–H groups in total. The molecule has 0 spiro atoms. The van der Waals surface area contributed by atoms with Crippen molar-refractivity contribution >= 4 is 11.6 Å². The quantitative estimate of drug-likeness (QED) is 0.551. The van der Waals surface area contributed by atoms with E-state index in [0.717, 1.165) is 41.8 Å². The van der Waals surface area contributed by atoms with Crippen LogP contribution in [0.1, 0.15) is 36.9 Å². The molecule has 2 aliphatic rings. The number of anilines is 1. The SMILES string of the molecule is CC[C@H]1[C@H]2CCN(C(=O)Cc3ccncc3)C2c2cc(-c3cccc(OC)c3)ccc2N1C. The molecule has 1 saturated heterocycles. The standard InChI is InChI=1S/C28H31N3O2/c1-4-25-23-12-15-31(27(32)16-19-10-13-29-14-11-19)28(23)24-18-21(8-9-26(24)30(25)2)20-6-5-7-22(17-20)33-3/h5-11,13-14,17-18,23,25,28H,4,12,15-16H2,1-3H3/t23-,25+,28?/m1/s1. The molecule has 1 unspecified atom stereocenters. The highest BCUT2D eigenvalue weighted by atomic mass is 16.5. The third-order valence-electron chi connectivity index (χ3n) is 7.41. The smallest absolute Gasteiger partial charge is 0.227 e. The van der Waals surface area contributed by atoms with Crippen LogP contribution in [-0.2, 0) is 11.2 Å². The van der Waals surface area contributed by atoms with Crippen molar-refractivity contribution in [1.82, 2.24) is 9.88 Å². The Bertz CT molecular complexity index is 1150. The van der Waals surface area contributed by atoms with Crippen molar-refractivity contribution in [3.05, 3.63) is 78.1 Å². The number of hydrogen-bond acceptors (Lipinski definition) is 4. The number of hydrogen-bond donors (Lipinski definition) is 0. The van der Waals surface area contributed by atoms with E-state index in [4.69, 9.17) is 4.74 Å². The van der Waals surface area contributed by atoms with Crippen LogP contribution >= 0.6 is 0 Å². The van der Waals surface area contributed by atoms with Gasteiger partial charge in [0.2, 0.25) is 5.91 Å². The zero-order valence-corrected chi connectivity index (χ0v) is 19.6. The number of pyridine rings is 1. The number of benzene rings is 2. The van der Waals surface area contributed by atoms with Crippen LogP contribution < -0.4 is 9.64 Å². The maximum atomic E-state index is 13.5. The molecule has 0 radical (unpaired) electrons. The van der Waals surface area contributed by atoms with E-state index >= 15 is 0 Å². The molecule has 0 aliphatic carbocycles. The molecule has 5 nitrogen and oxygen atoms in total. The lowest BCUT2D eigenvalue weighted by Crippen LogP contribution is -2.46. The van der Waals surface area contributed by atoms with E-state index in [1.165, 1.54) is 11.3 Å². The van der Waals surface area contributed by atoms with Crippen LogP contribution in [0.3, 0.4) is 0 Å². The molecule has 0 bridgehead atoms. The summed E-state index contributed by atoms with van der Waals surface area (Å²) in [5.41, 5.74) is 5.79. The summed E-state index contributed by atoms with van der Waals surface area (Å²) in [6.45, 7) is 3.07. The average Bonchev–Trinajstić information content (AvgIpc) is 3.30. The second-order valence-corrected chi connectivity index (χ2v) is 9.11. The van der Waals surface area contributed by atoms with E-state index in [1.807, 2.05) is 24.3 Å². The fourth-order valence-electron chi connectivity index (χ4n) is 5.81. The van der Waals surface area contributed by atoms with Gasteiger partial charge in [0.15, 0.2) is 0 Å². The van der Waals surface area contributed by atoms with Crippen LogP contribution in [0.2, 0.25) is 0 Å². The molecule has 33 heavy (non-hydrogen) atoms. The van der Waals surface area contributed by atoms with Gasteiger partial charge in [-0.15, -0.1) is 0 Å². The molecule has 0 saturated carbocycles. The first-order chi connectivity index (χ1) is 16.1. The maximum Gasteiger partial charge on any atom is 0.227 e. The van der Waals surface area contributed by atoms with Crippen molar-refractivity contribution in [3.63, 3.8) is 0 Å². The summed E-state index contributed by atoms with van der Waals surface area (Å²) < 4.78 is 5.44. The zero-order valence-electron chi connectivity index (χ0n) is 19.6. The highest BCUT2D eigenvalue weighted by Crippen LogP contribution is 2.50. The number of methoxy groups -OCH3 is 1. The first kappa shape index (κ1) is 21.5. The number of likely N-dealkylation sites (tertiary alicyclic amines) is 1. The van der Waals surface area contributed by atoms with Crippen molar-refractivity contribution in [2.24, 2.45) is 5.92 Å². The van der Waals surface area contributed by atoms with Crippen molar-refractivity contribution in [2.75, 3.05) is 25.6 Å². The Morgan fingerprint density at radius 2 is 1.88 bits per heavy atom. The Morgan fingerprint density at radius 3 is 2.64 bits per heavy atom. The summed E-state index contributed by atoms with van der Waals surface area (Å²) >= 11 is 0. The Morgan fingerprint density at radius 1 is 1.09 bits per heavy atom. The Hall–Kier alpha value is -3.34. The lowest BCUT2D eigenvalue weighted by atomic mass is 9.80. The van der Waals surface area contributed by atoms with Crippen molar-refractivity contribution < 1.29 is 9.53 Å². The summed E-state index contributed by atoms with van der Waals surface area (Å²) in [5, 5.41) is 0. The van der Waals surface area contributed by atoms with Crippen molar-refractivity contribution in [1.29, 1.82) is 0 Å². The van der Waals surface area contributed by atoms with Gasteiger partial charge in [0.1, 0.15) is 5.75 Å². The summed E-state index contributed by atoms with van der Waals surface area (Å²) in [5.74, 6) is 1.49. The van der Waals surface area contributed by atoms with Crippen LogP contribution in [0.5, 0.6) is 5.75 Å². The van der Waals surface area contributed by atoms with E-state index < -0.39 is 0 Å². The predicted octanol–water partition coefficient (Wildman–Crippen LogP) is 5.12. The fraction of sp³-hybridized carbons (Fsp3) is 0.357. The normalized spacial score (nSPS) is 21.5. The number of carbonyl (C=O) groups is 1. The molecule has 170 valence electrons. The minimum absolute atomic E-state index is 0.112. The van der Waals surface area contributed by atoms with E-state index in [9.17, 15) is 4.79 Å². The van der Waals surface area contributed by atoms with Gasteiger partial charge in [-0.2, -0.15) is 0 Å². The minimum atomic E-state index is 0.112. The zero-order chi connectivity index (χ0) is 22.9. The second-order valence-electron chi connectivity index (χ2n) is 9.11. The first-order valence-corrected chi connectivity index (χ1v) is 11.8. The number of ether oxygens (including phenoxy) is 1. The van der Waals surface area contributed by atoms with E-state index in [2.05, 4.69) is 59.1 Å². The topological polar surface area (TPSA) is 45.7 Å². The molecular weight excluding hydrogens is 410 g/mol. The Labute approximate surface area is 196 Å². The van der Waals surface area contributed by atoms with Gasteiger partial charge in [0, 0.05) is 43.6 Å².